The van der Waals surface area contributed by atoms with Crippen LogP contribution in [0.5, 0.6) is 11.5 Å². The predicted octanol–water partition coefficient (Wildman–Crippen LogP) is 0.913. The number of rotatable bonds is 11. The minimum Gasteiger partial charge on any atom is -0.493 e. The molecule has 0 spiro atoms. The summed E-state index contributed by atoms with van der Waals surface area (Å²) in [7, 11) is 3.03. The van der Waals surface area contributed by atoms with E-state index in [4.69, 9.17) is 14.2 Å². The van der Waals surface area contributed by atoms with Crippen molar-refractivity contribution in [2.75, 3.05) is 66.7 Å². The summed E-state index contributed by atoms with van der Waals surface area (Å²) in [6, 6.07) is 2.57. The third-order valence-corrected chi connectivity index (χ3v) is 4.88. The summed E-state index contributed by atoms with van der Waals surface area (Å²) >= 11 is 0. The van der Waals surface area contributed by atoms with E-state index in [1.165, 1.54) is 19.2 Å². The van der Waals surface area contributed by atoms with Crippen LogP contribution in [0.4, 0.5) is 5.69 Å². The Morgan fingerprint density at radius 3 is 2.45 bits per heavy atom. The average molecular weight is 438 g/mol. The van der Waals surface area contributed by atoms with E-state index in [9.17, 15) is 19.7 Å². The van der Waals surface area contributed by atoms with Gasteiger partial charge in [0.1, 0.15) is 5.56 Å². The molecule has 1 fully saturated rings. The summed E-state index contributed by atoms with van der Waals surface area (Å²) < 4.78 is 15.6. The van der Waals surface area contributed by atoms with Gasteiger partial charge >= 0.3 is 0 Å². The van der Waals surface area contributed by atoms with Crippen molar-refractivity contribution in [2.24, 2.45) is 0 Å². The highest BCUT2D eigenvalue weighted by Gasteiger charge is 2.30. The quantitative estimate of drug-likeness (QED) is 0.307. The Morgan fingerprint density at radius 2 is 1.87 bits per heavy atom. The van der Waals surface area contributed by atoms with Gasteiger partial charge in [0.25, 0.3) is 11.6 Å². The minimum absolute atomic E-state index is 0.0466. The molecule has 0 atom stereocenters. The predicted molar refractivity (Wildman–Crippen MR) is 113 cm³/mol. The van der Waals surface area contributed by atoms with Crippen LogP contribution in [0.1, 0.15) is 23.7 Å². The van der Waals surface area contributed by atoms with Crippen molar-refractivity contribution in [1.29, 1.82) is 0 Å². The van der Waals surface area contributed by atoms with E-state index in [0.29, 0.717) is 45.9 Å². The van der Waals surface area contributed by atoms with Gasteiger partial charge in [0, 0.05) is 52.5 Å². The van der Waals surface area contributed by atoms with E-state index >= 15 is 0 Å². The van der Waals surface area contributed by atoms with Crippen LogP contribution in [0.2, 0.25) is 0 Å². The first kappa shape index (κ1) is 24.4. The SMILES string of the molecule is CCOc1cc([N+](=O)[O-])c(C(=O)N2CCN(CC(=O)NCCCOC)CC2)cc1OC. The number of piperazine rings is 1. The molecule has 1 aromatic carbocycles. The van der Waals surface area contributed by atoms with Crippen LogP contribution in [0.15, 0.2) is 12.1 Å². The number of benzene rings is 1. The average Bonchev–Trinajstić information content (AvgIpc) is 2.76. The second-order valence-corrected chi connectivity index (χ2v) is 6.97. The first-order valence-electron chi connectivity index (χ1n) is 10.2. The van der Waals surface area contributed by atoms with Gasteiger partial charge in [-0.15, -0.1) is 0 Å². The first-order chi connectivity index (χ1) is 14.9. The fourth-order valence-corrected chi connectivity index (χ4v) is 3.28. The zero-order chi connectivity index (χ0) is 22.8. The molecule has 1 N–H and O–H groups in total. The highest BCUT2D eigenvalue weighted by atomic mass is 16.6. The maximum absolute atomic E-state index is 13.0. The number of carbonyl (C=O) groups is 2. The monoisotopic (exact) mass is 438 g/mol. The summed E-state index contributed by atoms with van der Waals surface area (Å²) in [6.07, 6.45) is 0.745. The number of carbonyl (C=O) groups excluding carboxylic acids is 2. The van der Waals surface area contributed by atoms with E-state index < -0.39 is 10.8 Å². The molecule has 0 aliphatic carbocycles. The minimum atomic E-state index is -0.598. The smallest absolute Gasteiger partial charge is 0.286 e. The van der Waals surface area contributed by atoms with Crippen LogP contribution in [-0.2, 0) is 9.53 Å². The molecule has 0 bridgehead atoms. The van der Waals surface area contributed by atoms with Crippen LogP contribution in [0.3, 0.4) is 0 Å². The molecule has 1 saturated heterocycles. The van der Waals surface area contributed by atoms with Crippen LogP contribution < -0.4 is 14.8 Å². The number of hydrogen-bond acceptors (Lipinski definition) is 8. The number of ether oxygens (including phenoxy) is 3. The third kappa shape index (κ3) is 6.79. The van der Waals surface area contributed by atoms with Gasteiger partial charge in [0.05, 0.1) is 31.3 Å². The fourth-order valence-electron chi connectivity index (χ4n) is 3.28. The zero-order valence-corrected chi connectivity index (χ0v) is 18.2. The lowest BCUT2D eigenvalue weighted by molar-refractivity contribution is -0.385. The largest absolute Gasteiger partial charge is 0.493 e. The Hall–Kier alpha value is -2.92. The molecule has 1 heterocycles. The summed E-state index contributed by atoms with van der Waals surface area (Å²) in [5, 5.41) is 14.4. The lowest BCUT2D eigenvalue weighted by Gasteiger charge is -2.34. The van der Waals surface area contributed by atoms with Crippen LogP contribution >= 0.6 is 0 Å². The second-order valence-electron chi connectivity index (χ2n) is 6.97. The summed E-state index contributed by atoms with van der Waals surface area (Å²) in [5.74, 6) is -0.0476. The second kappa shape index (κ2) is 12.1. The molecule has 0 aromatic heterocycles. The topological polar surface area (TPSA) is 123 Å². The van der Waals surface area contributed by atoms with Crippen molar-refractivity contribution in [3.05, 3.63) is 27.8 Å². The lowest BCUT2D eigenvalue weighted by Crippen LogP contribution is -2.51. The molecule has 11 heteroatoms. The van der Waals surface area contributed by atoms with Gasteiger partial charge < -0.3 is 24.4 Å². The van der Waals surface area contributed by atoms with E-state index in [0.717, 1.165) is 6.42 Å². The van der Waals surface area contributed by atoms with Crippen molar-refractivity contribution in [2.45, 2.75) is 13.3 Å². The fraction of sp³-hybridized carbons (Fsp3) is 0.600. The van der Waals surface area contributed by atoms with Gasteiger partial charge in [-0.3, -0.25) is 24.6 Å². The molecule has 1 aromatic rings. The maximum atomic E-state index is 13.0. The van der Waals surface area contributed by atoms with Crippen molar-refractivity contribution < 1.29 is 28.7 Å². The Morgan fingerprint density at radius 1 is 1.16 bits per heavy atom. The van der Waals surface area contributed by atoms with Gasteiger partial charge in [0.2, 0.25) is 5.91 Å². The first-order valence-corrected chi connectivity index (χ1v) is 10.2. The third-order valence-electron chi connectivity index (χ3n) is 4.88. The number of methoxy groups -OCH3 is 2. The van der Waals surface area contributed by atoms with E-state index in [1.807, 2.05) is 4.90 Å². The molecular formula is C20H30N4O7. The number of nitro groups is 1. The Kier molecular flexibility index (Phi) is 9.47. The number of nitro benzene ring substituents is 1. The maximum Gasteiger partial charge on any atom is 0.286 e. The summed E-state index contributed by atoms with van der Waals surface area (Å²) in [6.45, 7) is 5.17. The molecule has 1 aliphatic rings. The Labute approximate surface area is 181 Å². The highest BCUT2D eigenvalue weighted by Crippen LogP contribution is 2.35. The summed E-state index contributed by atoms with van der Waals surface area (Å²) in [4.78, 5) is 39.5. The van der Waals surface area contributed by atoms with Crippen molar-refractivity contribution >= 4 is 17.5 Å². The van der Waals surface area contributed by atoms with Crippen LogP contribution in [-0.4, -0.2) is 93.2 Å². The molecule has 11 nitrogen and oxygen atoms in total. The molecule has 2 rings (SSSR count). The van der Waals surface area contributed by atoms with E-state index in [2.05, 4.69) is 5.32 Å². The number of nitrogens with zero attached hydrogens (tertiary/aromatic N) is 3. The lowest BCUT2D eigenvalue weighted by atomic mass is 10.1. The highest BCUT2D eigenvalue weighted by molar-refractivity contribution is 5.99. The van der Waals surface area contributed by atoms with E-state index in [1.54, 1.807) is 18.9 Å². The summed E-state index contributed by atoms with van der Waals surface area (Å²) in [5.41, 5.74) is -0.373. The number of hydrogen-bond donors (Lipinski definition) is 1. The van der Waals surface area contributed by atoms with Gasteiger partial charge in [-0.2, -0.15) is 0 Å². The van der Waals surface area contributed by atoms with Gasteiger partial charge in [-0.25, -0.2) is 0 Å². The van der Waals surface area contributed by atoms with Gasteiger partial charge in [-0.1, -0.05) is 0 Å². The van der Waals surface area contributed by atoms with Crippen molar-refractivity contribution in [3.8, 4) is 11.5 Å². The normalized spacial score (nSPS) is 14.2. The van der Waals surface area contributed by atoms with Gasteiger partial charge in [0.15, 0.2) is 11.5 Å². The van der Waals surface area contributed by atoms with Gasteiger partial charge in [-0.05, 0) is 13.3 Å². The molecule has 0 saturated carbocycles. The number of nitrogens with one attached hydrogen (secondary N) is 1. The molecular weight excluding hydrogens is 408 g/mol. The Balaban J connectivity index is 2.00. The molecule has 1 aliphatic heterocycles. The molecule has 0 unspecified atom stereocenters. The Bertz CT molecular complexity index is 779. The zero-order valence-electron chi connectivity index (χ0n) is 18.2. The van der Waals surface area contributed by atoms with Crippen LogP contribution in [0.25, 0.3) is 0 Å². The van der Waals surface area contributed by atoms with E-state index in [-0.39, 0.29) is 35.2 Å². The van der Waals surface area contributed by atoms with Crippen molar-refractivity contribution in [1.82, 2.24) is 15.1 Å². The molecule has 0 radical (unpaired) electrons. The molecule has 31 heavy (non-hydrogen) atoms. The molecule has 172 valence electrons. The molecule has 2 amide bonds. The van der Waals surface area contributed by atoms with Crippen molar-refractivity contribution in [3.63, 3.8) is 0 Å². The number of amides is 2. The standard InChI is InChI=1S/C20H30N4O7/c1-4-31-18-13-16(24(27)28)15(12-17(18)30-3)20(26)23-9-7-22(8-10-23)14-19(25)21-6-5-11-29-2/h12-13H,4-11,14H2,1-3H3,(H,21,25). The van der Waals surface area contributed by atoms with Crippen LogP contribution in [0, 0.1) is 10.1 Å².